The van der Waals surface area contributed by atoms with Crippen molar-refractivity contribution in [2.45, 2.75) is 71.0 Å². The fraction of sp³-hybridized carbons (Fsp3) is 0.500. The van der Waals surface area contributed by atoms with E-state index >= 15 is 0 Å². The predicted octanol–water partition coefficient (Wildman–Crippen LogP) is 3.90. The van der Waals surface area contributed by atoms with Gasteiger partial charge in [-0.2, -0.15) is 0 Å². The lowest BCUT2D eigenvalue weighted by Crippen LogP contribution is -2.33. The van der Waals surface area contributed by atoms with Gasteiger partial charge in [0.25, 0.3) is 0 Å². The van der Waals surface area contributed by atoms with Gasteiger partial charge in [-0.25, -0.2) is 4.39 Å². The third kappa shape index (κ3) is 3.59. The zero-order valence-corrected chi connectivity index (χ0v) is 16.3. The van der Waals surface area contributed by atoms with E-state index in [9.17, 15) is 14.3 Å². The topological polar surface area (TPSA) is 60.7 Å². The number of esters is 1. The zero-order valence-electron chi connectivity index (χ0n) is 16.3. The van der Waals surface area contributed by atoms with E-state index in [0.29, 0.717) is 38.5 Å². The lowest BCUT2D eigenvalue weighted by molar-refractivity contribution is -0.160. The van der Waals surface area contributed by atoms with Gasteiger partial charge in [0.1, 0.15) is 11.9 Å². The highest BCUT2D eigenvalue weighted by Crippen LogP contribution is 2.40. The maximum atomic E-state index is 13.5. The molecule has 0 radical (unpaired) electrons. The molecule has 2 aromatic rings. The summed E-state index contributed by atoms with van der Waals surface area (Å²) in [6.45, 7) is 6.11. The van der Waals surface area contributed by atoms with Crippen molar-refractivity contribution < 1.29 is 23.8 Å². The van der Waals surface area contributed by atoms with Gasteiger partial charge in [0.2, 0.25) is 0 Å². The number of hydrogen-bond acceptors (Lipinski definition) is 4. The van der Waals surface area contributed by atoms with Crippen molar-refractivity contribution in [2.75, 3.05) is 0 Å². The second-order valence-corrected chi connectivity index (χ2v) is 7.99. The van der Waals surface area contributed by atoms with Crippen LogP contribution >= 0.6 is 0 Å². The first kappa shape index (κ1) is 19.2. The Bertz CT molecular complexity index is 872. The quantitative estimate of drug-likeness (QED) is 0.791. The maximum absolute atomic E-state index is 13.5. The van der Waals surface area contributed by atoms with Gasteiger partial charge in [0.15, 0.2) is 0 Å². The Balaban J connectivity index is 1.70. The minimum atomic E-state index is -0.629. The maximum Gasteiger partial charge on any atom is 0.308 e. The van der Waals surface area contributed by atoms with Crippen LogP contribution in [-0.2, 0) is 34.0 Å². The first-order valence-electron chi connectivity index (χ1n) is 9.89. The largest absolute Gasteiger partial charge is 0.462 e. The first-order chi connectivity index (χ1) is 13.4. The van der Waals surface area contributed by atoms with Crippen molar-refractivity contribution in [3.05, 3.63) is 46.9 Å². The number of rotatable bonds is 5. The third-order valence-corrected chi connectivity index (χ3v) is 5.59. The molecular formula is C22H26FNO4. The molecule has 1 fully saturated rings. The molecule has 0 amide bonds. The number of benzene rings is 1. The van der Waals surface area contributed by atoms with Crippen molar-refractivity contribution in [1.82, 2.24) is 4.57 Å². The number of ether oxygens (including phenoxy) is 2. The minimum Gasteiger partial charge on any atom is -0.462 e. The Morgan fingerprint density at radius 3 is 2.61 bits per heavy atom. The van der Waals surface area contributed by atoms with E-state index in [4.69, 9.17) is 9.47 Å². The van der Waals surface area contributed by atoms with E-state index < -0.39 is 6.10 Å². The molecule has 0 aliphatic carbocycles. The number of nitrogens with zero attached hydrogens (tertiary/aromatic N) is 1. The van der Waals surface area contributed by atoms with Gasteiger partial charge in [-0.05, 0) is 35.7 Å². The molecule has 4 rings (SSSR count). The van der Waals surface area contributed by atoms with E-state index in [-0.39, 0.29) is 24.3 Å². The highest BCUT2D eigenvalue weighted by Gasteiger charge is 2.31. The molecule has 1 N–H and O–H groups in total. The van der Waals surface area contributed by atoms with Crippen molar-refractivity contribution in [1.29, 1.82) is 0 Å². The smallest absolute Gasteiger partial charge is 0.308 e. The standard InChI is InChI=1S/C22H26FNO4/c1-13(2)21-18-11-27-12-19(18)22(14-3-5-15(23)6-4-14)24(21)8-7-17-9-16(25)10-20(26)28-17/h3-6,13,16-17,25H,7-12H2,1-2H3. The first-order valence-corrected chi connectivity index (χ1v) is 9.89. The number of fused-ring (bicyclic) bond motifs is 1. The number of aliphatic hydroxyl groups is 1. The van der Waals surface area contributed by atoms with Crippen LogP contribution in [0.1, 0.15) is 55.8 Å². The Labute approximate surface area is 164 Å². The molecular weight excluding hydrogens is 361 g/mol. The number of hydrogen-bond donors (Lipinski definition) is 1. The predicted molar refractivity (Wildman–Crippen MR) is 102 cm³/mol. The number of aliphatic hydroxyl groups excluding tert-OH is 1. The van der Waals surface area contributed by atoms with Gasteiger partial charge in [-0.3, -0.25) is 4.79 Å². The SMILES string of the molecule is CC(C)c1c2c(c(-c3ccc(F)cc3)n1CCC1CC(O)CC(=O)O1)COC2. The number of carbonyl (C=O) groups excluding carboxylic acids is 1. The number of carbonyl (C=O) groups is 1. The number of aromatic nitrogens is 1. The van der Waals surface area contributed by atoms with Crippen molar-refractivity contribution >= 4 is 5.97 Å². The molecule has 2 aliphatic rings. The number of halogens is 1. The summed E-state index contributed by atoms with van der Waals surface area (Å²) in [4.78, 5) is 11.7. The Hall–Kier alpha value is -2.18. The van der Waals surface area contributed by atoms with Gasteiger partial charge in [-0.1, -0.05) is 13.8 Å². The van der Waals surface area contributed by atoms with Gasteiger partial charge in [0.05, 0.1) is 31.4 Å². The molecule has 2 atom stereocenters. The van der Waals surface area contributed by atoms with E-state index in [1.54, 1.807) is 12.1 Å². The summed E-state index contributed by atoms with van der Waals surface area (Å²) in [6, 6.07) is 6.55. The molecule has 6 heteroatoms. The lowest BCUT2D eigenvalue weighted by Gasteiger charge is -2.27. The summed E-state index contributed by atoms with van der Waals surface area (Å²) >= 11 is 0. The average Bonchev–Trinajstić information content (AvgIpc) is 3.19. The van der Waals surface area contributed by atoms with Crippen LogP contribution in [-0.4, -0.2) is 27.9 Å². The highest BCUT2D eigenvalue weighted by atomic mass is 19.1. The minimum absolute atomic E-state index is 0.0731. The van der Waals surface area contributed by atoms with E-state index in [0.717, 1.165) is 16.8 Å². The van der Waals surface area contributed by atoms with Crippen LogP contribution < -0.4 is 0 Å². The fourth-order valence-electron chi connectivity index (χ4n) is 4.46. The summed E-state index contributed by atoms with van der Waals surface area (Å²) in [5, 5.41) is 9.88. The molecule has 3 heterocycles. The second kappa shape index (κ2) is 7.68. The van der Waals surface area contributed by atoms with Crippen LogP contribution in [0.3, 0.4) is 0 Å². The molecule has 150 valence electrons. The Morgan fingerprint density at radius 2 is 1.93 bits per heavy atom. The van der Waals surface area contributed by atoms with Gasteiger partial charge in [0, 0.05) is 36.2 Å². The Kier molecular flexibility index (Phi) is 5.25. The summed E-state index contributed by atoms with van der Waals surface area (Å²) in [5.74, 6) is -0.305. The average molecular weight is 387 g/mol. The molecule has 0 bridgehead atoms. The van der Waals surface area contributed by atoms with Gasteiger partial charge in [-0.15, -0.1) is 0 Å². The van der Waals surface area contributed by atoms with Crippen LogP contribution in [0.5, 0.6) is 0 Å². The monoisotopic (exact) mass is 387 g/mol. The number of cyclic esters (lactones) is 1. The van der Waals surface area contributed by atoms with Crippen LogP contribution in [0.25, 0.3) is 11.3 Å². The molecule has 0 saturated carbocycles. The normalized spacial score (nSPS) is 21.8. The van der Waals surface area contributed by atoms with Gasteiger partial charge < -0.3 is 19.1 Å². The van der Waals surface area contributed by atoms with Gasteiger partial charge >= 0.3 is 5.97 Å². The molecule has 1 aromatic carbocycles. The summed E-state index contributed by atoms with van der Waals surface area (Å²) in [7, 11) is 0. The van der Waals surface area contributed by atoms with E-state index in [1.807, 2.05) is 0 Å². The molecule has 1 aromatic heterocycles. The molecule has 28 heavy (non-hydrogen) atoms. The van der Waals surface area contributed by atoms with Crippen molar-refractivity contribution in [3.63, 3.8) is 0 Å². The summed E-state index contributed by atoms with van der Waals surface area (Å²) in [5.41, 5.74) is 5.61. The van der Waals surface area contributed by atoms with E-state index in [2.05, 4.69) is 18.4 Å². The summed E-state index contributed by atoms with van der Waals surface area (Å²) in [6.07, 6.45) is 0.259. The lowest BCUT2D eigenvalue weighted by atomic mass is 10.0. The fourth-order valence-corrected chi connectivity index (χ4v) is 4.46. The molecule has 5 nitrogen and oxygen atoms in total. The molecule has 1 saturated heterocycles. The Morgan fingerprint density at radius 1 is 1.21 bits per heavy atom. The van der Waals surface area contributed by atoms with E-state index in [1.165, 1.54) is 23.4 Å². The van der Waals surface area contributed by atoms with Crippen LogP contribution in [0, 0.1) is 5.82 Å². The van der Waals surface area contributed by atoms with Crippen molar-refractivity contribution in [2.24, 2.45) is 0 Å². The molecule has 2 aliphatic heterocycles. The van der Waals surface area contributed by atoms with Crippen molar-refractivity contribution in [3.8, 4) is 11.3 Å². The highest BCUT2D eigenvalue weighted by molar-refractivity contribution is 5.71. The third-order valence-electron chi connectivity index (χ3n) is 5.59. The van der Waals surface area contributed by atoms with Crippen LogP contribution in [0.15, 0.2) is 24.3 Å². The molecule has 0 spiro atoms. The van der Waals surface area contributed by atoms with Crippen LogP contribution in [0.2, 0.25) is 0 Å². The molecule has 2 unspecified atom stereocenters. The summed E-state index contributed by atoms with van der Waals surface area (Å²) < 4.78 is 26.9. The van der Waals surface area contributed by atoms with Crippen LogP contribution in [0.4, 0.5) is 4.39 Å². The zero-order chi connectivity index (χ0) is 19.8. The second-order valence-electron chi connectivity index (χ2n) is 7.99.